The van der Waals surface area contributed by atoms with Gasteiger partial charge in [0.15, 0.2) is 0 Å². The number of H-pyrrole nitrogens is 1. The van der Waals surface area contributed by atoms with E-state index >= 15 is 0 Å². The van der Waals surface area contributed by atoms with Crippen molar-refractivity contribution in [2.45, 2.75) is 44.4 Å². The number of ether oxygens (including phenoxy) is 1. The number of pyridine rings is 1. The molecule has 0 saturated carbocycles. The van der Waals surface area contributed by atoms with Crippen molar-refractivity contribution >= 4 is 40.2 Å². The molecule has 0 amide bonds. The Morgan fingerprint density at radius 3 is 2.91 bits per heavy atom. The fraction of sp³-hybridized carbons (Fsp3) is 0.455. The summed E-state index contributed by atoms with van der Waals surface area (Å²) in [4.78, 5) is 25.9. The summed E-state index contributed by atoms with van der Waals surface area (Å²) in [5, 5.41) is 1.55. The first-order valence-corrected chi connectivity index (χ1v) is 11.4. The van der Waals surface area contributed by atoms with Crippen molar-refractivity contribution in [3.8, 4) is 0 Å². The Hall–Kier alpha value is -3.07. The maximum atomic E-state index is 6.35. The number of nitrogens with one attached hydrogen (secondary N) is 1. The lowest BCUT2D eigenvalue weighted by molar-refractivity contribution is 0.0586. The molecule has 0 aromatic carbocycles. The van der Waals surface area contributed by atoms with Gasteiger partial charge in [0.1, 0.15) is 28.5 Å². The number of nitrogens with two attached hydrogens (primary N) is 1. The first-order valence-electron chi connectivity index (χ1n) is 11.0. The van der Waals surface area contributed by atoms with E-state index in [1.807, 2.05) is 12.3 Å². The lowest BCUT2D eigenvalue weighted by atomic mass is 9.91. The van der Waals surface area contributed by atoms with Crippen LogP contribution in [0, 0.1) is 0 Å². The van der Waals surface area contributed by atoms with Crippen LogP contribution in [0.25, 0.3) is 11.0 Å². The van der Waals surface area contributed by atoms with Gasteiger partial charge in [0, 0.05) is 62.1 Å². The molecule has 0 aliphatic carbocycles. The van der Waals surface area contributed by atoms with Crippen molar-refractivity contribution in [3.05, 3.63) is 41.1 Å². The summed E-state index contributed by atoms with van der Waals surface area (Å²) in [6.07, 6.45) is 6.20. The first kappa shape index (κ1) is 19.6. The number of hydrogen-bond donors (Lipinski definition) is 2. The summed E-state index contributed by atoms with van der Waals surface area (Å²) < 4.78 is 5.86. The van der Waals surface area contributed by atoms with Gasteiger partial charge >= 0.3 is 0 Å². The van der Waals surface area contributed by atoms with Gasteiger partial charge in [0.2, 0.25) is 0 Å². The zero-order valence-corrected chi connectivity index (χ0v) is 18.6. The third kappa shape index (κ3) is 3.14. The molecule has 32 heavy (non-hydrogen) atoms. The molecule has 6 rings (SSSR count). The SMILES string of the molecule is C[C@@H]1Cc2ncnc(N3CCC4(CC3)CN=C(N)O4)c2CN1c1cc(Cl)nc2[nH]ccc12. The number of hydrogen-bond acceptors (Lipinski definition) is 8. The van der Waals surface area contributed by atoms with E-state index < -0.39 is 0 Å². The molecular formula is C22H25ClN8O. The predicted octanol–water partition coefficient (Wildman–Crippen LogP) is 2.64. The third-order valence-electron chi connectivity index (χ3n) is 6.96. The average molecular weight is 453 g/mol. The van der Waals surface area contributed by atoms with Gasteiger partial charge in [-0.25, -0.2) is 19.9 Å². The van der Waals surface area contributed by atoms with Gasteiger partial charge in [0.25, 0.3) is 6.02 Å². The topological polar surface area (TPSA) is 109 Å². The summed E-state index contributed by atoms with van der Waals surface area (Å²) in [5.41, 5.74) is 9.71. The van der Waals surface area contributed by atoms with Crippen LogP contribution in [0.15, 0.2) is 29.6 Å². The molecule has 1 saturated heterocycles. The first-order chi connectivity index (χ1) is 15.5. The fourth-order valence-corrected chi connectivity index (χ4v) is 5.40. The van der Waals surface area contributed by atoms with Crippen LogP contribution in [0.1, 0.15) is 31.0 Å². The predicted molar refractivity (Wildman–Crippen MR) is 124 cm³/mol. The number of amidine groups is 1. The van der Waals surface area contributed by atoms with Crippen molar-refractivity contribution in [1.82, 2.24) is 19.9 Å². The molecule has 1 atom stereocenters. The van der Waals surface area contributed by atoms with Gasteiger partial charge in [-0.3, -0.25) is 0 Å². The molecular weight excluding hydrogens is 428 g/mol. The van der Waals surface area contributed by atoms with Gasteiger partial charge in [0.05, 0.1) is 17.9 Å². The van der Waals surface area contributed by atoms with Crippen molar-refractivity contribution in [2.24, 2.45) is 10.7 Å². The number of aromatic nitrogens is 4. The second-order valence-corrected chi connectivity index (χ2v) is 9.32. The van der Waals surface area contributed by atoms with Crippen LogP contribution in [0.3, 0.4) is 0 Å². The number of halogens is 1. The fourth-order valence-electron chi connectivity index (χ4n) is 5.21. The molecule has 1 spiro atoms. The van der Waals surface area contributed by atoms with E-state index in [1.165, 1.54) is 5.56 Å². The Balaban J connectivity index is 1.31. The van der Waals surface area contributed by atoms with Gasteiger partial charge in [-0.1, -0.05) is 11.6 Å². The van der Waals surface area contributed by atoms with Crippen LogP contribution in [-0.4, -0.2) is 57.2 Å². The number of aliphatic imine (C=N–C) groups is 1. The van der Waals surface area contributed by atoms with E-state index in [0.29, 0.717) is 17.7 Å². The third-order valence-corrected chi connectivity index (χ3v) is 7.16. The van der Waals surface area contributed by atoms with Crippen molar-refractivity contribution in [3.63, 3.8) is 0 Å². The van der Waals surface area contributed by atoms with E-state index in [1.54, 1.807) is 6.33 Å². The minimum absolute atomic E-state index is 0.248. The van der Waals surface area contributed by atoms with E-state index in [-0.39, 0.29) is 11.6 Å². The summed E-state index contributed by atoms with van der Waals surface area (Å²) in [6.45, 7) is 5.30. The molecule has 3 aromatic rings. The molecule has 3 N–H and O–H groups in total. The minimum Gasteiger partial charge on any atom is -0.457 e. The highest BCUT2D eigenvalue weighted by molar-refractivity contribution is 6.30. The Morgan fingerprint density at radius 2 is 2.12 bits per heavy atom. The summed E-state index contributed by atoms with van der Waals surface area (Å²) >= 11 is 6.35. The average Bonchev–Trinajstić information content (AvgIpc) is 3.39. The van der Waals surface area contributed by atoms with Crippen molar-refractivity contribution in [1.29, 1.82) is 0 Å². The number of aromatic amines is 1. The lowest BCUT2D eigenvalue weighted by Gasteiger charge is -2.41. The molecule has 3 aliphatic heterocycles. The van der Waals surface area contributed by atoms with Crippen LogP contribution in [0.2, 0.25) is 5.15 Å². The van der Waals surface area contributed by atoms with E-state index in [0.717, 1.165) is 67.1 Å². The Morgan fingerprint density at radius 1 is 1.28 bits per heavy atom. The quantitative estimate of drug-likeness (QED) is 0.575. The summed E-state index contributed by atoms with van der Waals surface area (Å²) in [6, 6.07) is 4.60. The van der Waals surface area contributed by atoms with Crippen LogP contribution in [-0.2, 0) is 17.7 Å². The standard InChI is InChI=1S/C22H25ClN8O/c1-13-8-16-15(10-31(13)17-9-18(23)29-19-14(17)2-5-25-19)20(28-12-27-16)30-6-3-22(4-7-30)11-26-21(24)32-22/h2,5,9,12-13H,3-4,6-8,10-11H2,1H3,(H2,24,26)(H,25,29)/t13-/m1/s1. The van der Waals surface area contributed by atoms with Gasteiger partial charge in [-0.2, -0.15) is 0 Å². The normalized spacial score (nSPS) is 22.2. The second-order valence-electron chi connectivity index (χ2n) is 8.93. The van der Waals surface area contributed by atoms with Crippen molar-refractivity contribution < 1.29 is 4.74 Å². The highest BCUT2D eigenvalue weighted by atomic mass is 35.5. The highest BCUT2D eigenvalue weighted by Crippen LogP contribution is 2.38. The zero-order chi connectivity index (χ0) is 21.9. The molecule has 1 fully saturated rings. The maximum Gasteiger partial charge on any atom is 0.282 e. The number of piperidine rings is 1. The van der Waals surface area contributed by atoms with Crippen LogP contribution < -0.4 is 15.5 Å². The molecule has 0 radical (unpaired) electrons. The van der Waals surface area contributed by atoms with Crippen LogP contribution in [0.5, 0.6) is 0 Å². The van der Waals surface area contributed by atoms with E-state index in [9.17, 15) is 0 Å². The largest absolute Gasteiger partial charge is 0.457 e. The molecule has 9 nitrogen and oxygen atoms in total. The summed E-state index contributed by atoms with van der Waals surface area (Å²) in [7, 11) is 0. The minimum atomic E-state index is -0.248. The van der Waals surface area contributed by atoms with Crippen LogP contribution in [0.4, 0.5) is 11.5 Å². The molecule has 6 heterocycles. The number of rotatable bonds is 2. The van der Waals surface area contributed by atoms with Gasteiger partial charge in [-0.15, -0.1) is 0 Å². The second kappa shape index (κ2) is 7.23. The number of nitrogens with zero attached hydrogens (tertiary/aromatic N) is 6. The molecule has 3 aliphatic rings. The molecule has 0 bridgehead atoms. The molecule has 3 aromatic heterocycles. The highest BCUT2D eigenvalue weighted by Gasteiger charge is 2.41. The molecule has 0 unspecified atom stereocenters. The maximum absolute atomic E-state index is 6.35. The monoisotopic (exact) mass is 452 g/mol. The Labute approximate surface area is 190 Å². The summed E-state index contributed by atoms with van der Waals surface area (Å²) in [5.74, 6) is 1.01. The van der Waals surface area contributed by atoms with Gasteiger partial charge < -0.3 is 25.3 Å². The van der Waals surface area contributed by atoms with Crippen molar-refractivity contribution in [2.75, 3.05) is 29.4 Å². The zero-order valence-electron chi connectivity index (χ0n) is 17.9. The molecule has 10 heteroatoms. The number of fused-ring (bicyclic) bond motifs is 2. The van der Waals surface area contributed by atoms with Gasteiger partial charge in [-0.05, 0) is 19.1 Å². The molecule has 166 valence electrons. The number of anilines is 2. The lowest BCUT2D eigenvalue weighted by Crippen LogP contribution is -2.48. The van der Waals surface area contributed by atoms with Crippen LogP contribution >= 0.6 is 11.6 Å². The van der Waals surface area contributed by atoms with E-state index in [2.05, 4.69) is 42.7 Å². The Kier molecular flexibility index (Phi) is 4.43. The Bertz CT molecular complexity index is 1220. The smallest absolute Gasteiger partial charge is 0.282 e. The van der Waals surface area contributed by atoms with E-state index in [4.69, 9.17) is 27.1 Å².